The van der Waals surface area contributed by atoms with Gasteiger partial charge < -0.3 is 19.4 Å². The molecule has 0 aliphatic carbocycles. The SMILES string of the molecule is CCCCCC(=O)NS(=O)(=O)c1ccc(OC)c(NC(=O)C(c2nc3ccccc3n2CC)N2C(=O)OC(C)(C)C2=O)c1. The highest BCUT2D eigenvalue weighted by Gasteiger charge is 2.53. The molecule has 1 atom stereocenters. The van der Waals surface area contributed by atoms with Gasteiger partial charge in [-0.15, -0.1) is 0 Å². The number of fused-ring (bicyclic) bond motifs is 1. The molecule has 14 heteroatoms. The molecule has 1 unspecified atom stereocenters. The van der Waals surface area contributed by atoms with Crippen molar-refractivity contribution in [2.24, 2.45) is 0 Å². The van der Waals surface area contributed by atoms with Crippen molar-refractivity contribution >= 4 is 50.6 Å². The quantitative estimate of drug-likeness (QED) is 0.288. The number of imidazole rings is 1. The summed E-state index contributed by atoms with van der Waals surface area (Å²) in [4.78, 5) is 57.7. The van der Waals surface area contributed by atoms with E-state index in [1.54, 1.807) is 28.8 Å². The number of sulfonamides is 1. The third kappa shape index (κ3) is 6.33. The van der Waals surface area contributed by atoms with Gasteiger partial charge in [0.05, 0.1) is 28.7 Å². The minimum absolute atomic E-state index is 0.0449. The first-order valence-electron chi connectivity index (χ1n) is 13.9. The summed E-state index contributed by atoms with van der Waals surface area (Å²) < 4.78 is 40.4. The number of nitrogens with zero attached hydrogens (tertiary/aromatic N) is 3. The lowest BCUT2D eigenvalue weighted by molar-refractivity contribution is -0.139. The Labute approximate surface area is 249 Å². The first-order chi connectivity index (χ1) is 20.3. The Kier molecular flexibility index (Phi) is 9.09. The Hall–Kier alpha value is -4.46. The zero-order chi connectivity index (χ0) is 31.5. The summed E-state index contributed by atoms with van der Waals surface area (Å²) in [6, 6.07) is 9.20. The first kappa shape index (κ1) is 31.5. The summed E-state index contributed by atoms with van der Waals surface area (Å²) in [5.74, 6) is -2.07. The maximum Gasteiger partial charge on any atom is 0.418 e. The van der Waals surface area contributed by atoms with Gasteiger partial charge in [-0.05, 0) is 57.5 Å². The third-order valence-electron chi connectivity index (χ3n) is 7.02. The number of unbranched alkanes of at least 4 members (excludes halogenated alkanes) is 2. The Morgan fingerprint density at radius 3 is 2.44 bits per heavy atom. The Morgan fingerprint density at radius 2 is 1.81 bits per heavy atom. The maximum absolute atomic E-state index is 14.1. The molecular weight excluding hydrogens is 578 g/mol. The fourth-order valence-corrected chi connectivity index (χ4v) is 5.88. The fraction of sp³-hybridized carbons (Fsp3) is 0.414. The van der Waals surface area contributed by atoms with Crippen LogP contribution >= 0.6 is 0 Å². The highest BCUT2D eigenvalue weighted by Crippen LogP contribution is 2.35. The summed E-state index contributed by atoms with van der Waals surface area (Å²) >= 11 is 0. The van der Waals surface area contributed by atoms with E-state index in [1.165, 1.54) is 33.1 Å². The molecule has 0 bridgehead atoms. The Balaban J connectivity index is 1.75. The van der Waals surface area contributed by atoms with Crippen molar-refractivity contribution < 1.29 is 37.1 Å². The van der Waals surface area contributed by atoms with Crippen molar-refractivity contribution in [2.45, 2.75) is 76.5 Å². The number of imide groups is 1. The lowest BCUT2D eigenvalue weighted by Gasteiger charge is -2.25. The second kappa shape index (κ2) is 12.4. The molecule has 4 amide bonds. The molecule has 0 saturated carbocycles. The second-order valence-electron chi connectivity index (χ2n) is 10.5. The van der Waals surface area contributed by atoms with Crippen molar-refractivity contribution in [2.75, 3.05) is 12.4 Å². The van der Waals surface area contributed by atoms with E-state index in [2.05, 4.69) is 10.3 Å². The number of amides is 4. The molecule has 0 spiro atoms. The van der Waals surface area contributed by atoms with Crippen molar-refractivity contribution in [1.82, 2.24) is 19.2 Å². The van der Waals surface area contributed by atoms with Crippen LogP contribution in [0.1, 0.15) is 65.2 Å². The summed E-state index contributed by atoms with van der Waals surface area (Å²) in [7, 11) is -2.96. The fourth-order valence-electron chi connectivity index (χ4n) is 4.84. The van der Waals surface area contributed by atoms with Crippen LogP contribution in [0.25, 0.3) is 11.0 Å². The van der Waals surface area contributed by atoms with E-state index in [-0.39, 0.29) is 28.6 Å². The molecular formula is C29H35N5O8S. The second-order valence-corrected chi connectivity index (χ2v) is 12.2. The number of para-hydroxylation sites is 2. The largest absolute Gasteiger partial charge is 0.495 e. The van der Waals surface area contributed by atoms with E-state index in [1.807, 2.05) is 18.6 Å². The maximum atomic E-state index is 14.1. The molecule has 43 heavy (non-hydrogen) atoms. The van der Waals surface area contributed by atoms with Gasteiger partial charge in [0.1, 0.15) is 11.6 Å². The first-order valence-corrected chi connectivity index (χ1v) is 15.4. The number of methoxy groups -OCH3 is 1. The van der Waals surface area contributed by atoms with Gasteiger partial charge in [0.2, 0.25) is 5.91 Å². The van der Waals surface area contributed by atoms with Crippen LogP contribution in [0.3, 0.4) is 0 Å². The molecule has 0 radical (unpaired) electrons. The summed E-state index contributed by atoms with van der Waals surface area (Å²) in [6.45, 7) is 6.98. The van der Waals surface area contributed by atoms with Crippen LogP contribution in [0, 0.1) is 0 Å². The zero-order valence-electron chi connectivity index (χ0n) is 24.7. The number of hydrogen-bond donors (Lipinski definition) is 2. The summed E-state index contributed by atoms with van der Waals surface area (Å²) in [5.41, 5.74) is -0.383. The molecule has 1 aliphatic heterocycles. The average molecular weight is 614 g/mol. The predicted octanol–water partition coefficient (Wildman–Crippen LogP) is 3.89. The van der Waals surface area contributed by atoms with Crippen molar-refractivity contribution in [3.63, 3.8) is 0 Å². The molecule has 1 saturated heterocycles. The highest BCUT2D eigenvalue weighted by molar-refractivity contribution is 7.90. The van der Waals surface area contributed by atoms with Crippen LogP contribution in [0.15, 0.2) is 47.4 Å². The lowest BCUT2D eigenvalue weighted by atomic mass is 10.1. The minimum Gasteiger partial charge on any atom is -0.495 e. The molecule has 1 aromatic heterocycles. The Bertz CT molecular complexity index is 1680. The molecule has 13 nitrogen and oxygen atoms in total. The molecule has 4 rings (SSSR count). The molecule has 3 aromatic rings. The van der Waals surface area contributed by atoms with E-state index < -0.39 is 45.5 Å². The molecule has 2 heterocycles. The van der Waals surface area contributed by atoms with E-state index >= 15 is 0 Å². The predicted molar refractivity (Wildman–Crippen MR) is 157 cm³/mol. The van der Waals surface area contributed by atoms with Crippen LogP contribution in [-0.4, -0.2) is 59.4 Å². The number of nitrogens with one attached hydrogen (secondary N) is 2. The van der Waals surface area contributed by atoms with E-state index in [9.17, 15) is 27.6 Å². The van der Waals surface area contributed by atoms with Crippen LogP contribution in [0.4, 0.5) is 10.5 Å². The number of cyclic esters (lactones) is 1. The molecule has 1 fully saturated rings. The number of anilines is 1. The highest BCUT2D eigenvalue weighted by atomic mass is 32.2. The van der Waals surface area contributed by atoms with Crippen LogP contribution in [0.2, 0.25) is 0 Å². The van der Waals surface area contributed by atoms with Gasteiger partial charge in [0, 0.05) is 13.0 Å². The van der Waals surface area contributed by atoms with Crippen LogP contribution in [-0.2, 0) is 35.7 Å². The number of benzene rings is 2. The number of hydrogen-bond acceptors (Lipinski definition) is 9. The number of aromatic nitrogens is 2. The zero-order valence-corrected chi connectivity index (χ0v) is 25.5. The lowest BCUT2D eigenvalue weighted by Crippen LogP contribution is -2.44. The summed E-state index contributed by atoms with van der Waals surface area (Å²) in [5, 5.41) is 2.61. The van der Waals surface area contributed by atoms with Crippen LogP contribution in [0.5, 0.6) is 5.75 Å². The smallest absolute Gasteiger partial charge is 0.418 e. The normalized spacial score (nSPS) is 15.3. The van der Waals surface area contributed by atoms with Gasteiger partial charge >= 0.3 is 6.09 Å². The van der Waals surface area contributed by atoms with Gasteiger partial charge in [-0.3, -0.25) is 14.4 Å². The minimum atomic E-state index is -4.29. The van der Waals surface area contributed by atoms with Crippen molar-refractivity contribution in [1.29, 1.82) is 0 Å². The monoisotopic (exact) mass is 613 g/mol. The molecule has 230 valence electrons. The molecule has 1 aliphatic rings. The molecule has 2 N–H and O–H groups in total. The number of carbonyl (C=O) groups excluding carboxylic acids is 4. The van der Waals surface area contributed by atoms with E-state index in [4.69, 9.17) is 9.47 Å². The van der Waals surface area contributed by atoms with Gasteiger partial charge in [0.25, 0.3) is 21.8 Å². The standard InChI is InChI=1S/C29H35N5O8S/c1-6-8-9-14-23(35)32-43(39,40)18-15-16-22(41-5)20(17-18)31-26(36)24(34-27(37)29(3,4)42-28(34)38)25-30-19-12-10-11-13-21(19)33(25)7-2/h10-13,15-17,24H,6-9,14H2,1-5H3,(H,31,36)(H,32,35). The van der Waals surface area contributed by atoms with Crippen LogP contribution < -0.4 is 14.8 Å². The van der Waals surface area contributed by atoms with Gasteiger partial charge in [-0.25, -0.2) is 27.8 Å². The number of aryl methyl sites for hydroxylation is 1. The molecule has 2 aromatic carbocycles. The van der Waals surface area contributed by atoms with Gasteiger partial charge in [-0.1, -0.05) is 31.9 Å². The van der Waals surface area contributed by atoms with Crippen molar-refractivity contribution in [3.8, 4) is 5.75 Å². The summed E-state index contributed by atoms with van der Waals surface area (Å²) in [6.07, 6.45) is 1.21. The van der Waals surface area contributed by atoms with Gasteiger partial charge in [0.15, 0.2) is 11.6 Å². The van der Waals surface area contributed by atoms with E-state index in [0.29, 0.717) is 28.9 Å². The van der Waals surface area contributed by atoms with Crippen molar-refractivity contribution in [3.05, 3.63) is 48.3 Å². The topological polar surface area (TPSA) is 166 Å². The number of rotatable bonds is 12. The Morgan fingerprint density at radius 1 is 1.09 bits per heavy atom. The van der Waals surface area contributed by atoms with Gasteiger partial charge in [-0.2, -0.15) is 0 Å². The average Bonchev–Trinajstić information content (AvgIpc) is 3.41. The number of carbonyl (C=O) groups is 4. The number of ether oxygens (including phenoxy) is 2. The van der Waals surface area contributed by atoms with E-state index in [0.717, 1.165) is 18.9 Å². The third-order valence-corrected chi connectivity index (χ3v) is 8.39.